The number of ether oxygens (including phenoxy) is 2. The van der Waals surface area contributed by atoms with Gasteiger partial charge < -0.3 is 19.7 Å². The predicted octanol–water partition coefficient (Wildman–Crippen LogP) is 4.99. The van der Waals surface area contributed by atoms with Crippen LogP contribution in [0.15, 0.2) is 72.9 Å². The van der Waals surface area contributed by atoms with Crippen LogP contribution in [-0.2, 0) is 0 Å². The predicted molar refractivity (Wildman–Crippen MR) is 125 cm³/mol. The van der Waals surface area contributed by atoms with E-state index in [1.165, 1.54) is 0 Å². The van der Waals surface area contributed by atoms with Crippen LogP contribution in [-0.4, -0.2) is 49.2 Å². The Morgan fingerprint density at radius 2 is 1.65 bits per heavy atom. The number of hydrogen-bond acceptors (Lipinski definition) is 6. The van der Waals surface area contributed by atoms with Gasteiger partial charge in [0, 0.05) is 29.4 Å². The molecule has 4 rings (SSSR count). The zero-order valence-corrected chi connectivity index (χ0v) is 18.0. The van der Waals surface area contributed by atoms with Crippen LogP contribution in [0.1, 0.15) is 0 Å². The minimum atomic E-state index is 0.551. The lowest BCUT2D eigenvalue weighted by Crippen LogP contribution is -2.19. The molecule has 31 heavy (non-hydrogen) atoms. The number of likely N-dealkylation sites (N-methyl/N-ethyl adjacent to an activating group) is 1. The van der Waals surface area contributed by atoms with Gasteiger partial charge in [0.25, 0.3) is 0 Å². The number of methoxy groups -OCH3 is 1. The Labute approximate surface area is 182 Å². The van der Waals surface area contributed by atoms with Gasteiger partial charge in [-0.05, 0) is 56.1 Å². The van der Waals surface area contributed by atoms with Crippen molar-refractivity contribution < 1.29 is 9.47 Å². The number of fused-ring (bicyclic) bond motifs is 1. The Hall–Kier alpha value is -3.64. The Kier molecular flexibility index (Phi) is 6.29. The summed E-state index contributed by atoms with van der Waals surface area (Å²) in [6, 6.07) is 21.9. The molecule has 4 aromatic rings. The number of aromatic nitrogens is 2. The lowest BCUT2D eigenvalue weighted by atomic mass is 10.0. The fourth-order valence-corrected chi connectivity index (χ4v) is 3.23. The van der Waals surface area contributed by atoms with Gasteiger partial charge in [0.1, 0.15) is 18.1 Å². The minimum absolute atomic E-state index is 0.551. The van der Waals surface area contributed by atoms with Crippen LogP contribution in [0.2, 0.25) is 0 Å². The summed E-state index contributed by atoms with van der Waals surface area (Å²) in [6.07, 6.45) is 1.84. The molecule has 0 saturated heterocycles. The third kappa shape index (κ3) is 5.10. The summed E-state index contributed by atoms with van der Waals surface area (Å²) in [6.45, 7) is 1.53. The van der Waals surface area contributed by atoms with Gasteiger partial charge >= 0.3 is 0 Å². The van der Waals surface area contributed by atoms with Crippen molar-refractivity contribution in [3.8, 4) is 22.6 Å². The molecule has 1 N–H and O–H groups in total. The lowest BCUT2D eigenvalue weighted by Gasteiger charge is -2.12. The normalized spacial score (nSPS) is 11.0. The first kappa shape index (κ1) is 20.6. The summed E-state index contributed by atoms with van der Waals surface area (Å²) in [5, 5.41) is 4.28. The lowest BCUT2D eigenvalue weighted by molar-refractivity contribution is 0.261. The highest BCUT2D eigenvalue weighted by atomic mass is 16.5. The van der Waals surface area contributed by atoms with Crippen molar-refractivity contribution in [1.29, 1.82) is 0 Å². The van der Waals surface area contributed by atoms with Crippen molar-refractivity contribution in [1.82, 2.24) is 14.9 Å². The number of rotatable bonds is 8. The van der Waals surface area contributed by atoms with E-state index < -0.39 is 0 Å². The molecule has 6 heteroatoms. The first-order chi connectivity index (χ1) is 15.1. The highest BCUT2D eigenvalue weighted by Crippen LogP contribution is 2.29. The van der Waals surface area contributed by atoms with Gasteiger partial charge in [0.15, 0.2) is 0 Å². The van der Waals surface area contributed by atoms with Crippen molar-refractivity contribution in [3.05, 3.63) is 72.9 Å². The van der Waals surface area contributed by atoms with Gasteiger partial charge in [-0.3, -0.25) is 0 Å². The van der Waals surface area contributed by atoms with E-state index in [9.17, 15) is 0 Å². The van der Waals surface area contributed by atoms with Crippen LogP contribution >= 0.6 is 0 Å². The average Bonchev–Trinajstić information content (AvgIpc) is 2.80. The van der Waals surface area contributed by atoms with Gasteiger partial charge in [-0.15, -0.1) is 0 Å². The SMILES string of the molecule is COc1ccc(-c2cccc3cnc(Nc4ccc(OCCN(C)C)cc4)nc23)cc1. The van der Waals surface area contributed by atoms with Gasteiger partial charge in [0.05, 0.1) is 12.6 Å². The molecule has 0 fully saturated rings. The van der Waals surface area contributed by atoms with Crippen LogP contribution in [0, 0.1) is 0 Å². The summed E-state index contributed by atoms with van der Waals surface area (Å²) >= 11 is 0. The van der Waals surface area contributed by atoms with Crippen molar-refractivity contribution in [2.24, 2.45) is 0 Å². The average molecular weight is 415 g/mol. The molecule has 0 radical (unpaired) electrons. The van der Waals surface area contributed by atoms with Crippen LogP contribution in [0.4, 0.5) is 11.6 Å². The smallest absolute Gasteiger partial charge is 0.227 e. The Morgan fingerprint density at radius 3 is 2.35 bits per heavy atom. The number of benzene rings is 3. The van der Waals surface area contributed by atoms with Crippen molar-refractivity contribution in [2.45, 2.75) is 0 Å². The van der Waals surface area contributed by atoms with E-state index >= 15 is 0 Å². The van der Waals surface area contributed by atoms with E-state index in [4.69, 9.17) is 14.5 Å². The molecule has 0 saturated carbocycles. The second kappa shape index (κ2) is 9.45. The molecule has 0 spiro atoms. The highest BCUT2D eigenvalue weighted by Gasteiger charge is 2.08. The molecular formula is C25H26N4O2. The third-order valence-electron chi connectivity index (χ3n) is 4.93. The molecule has 3 aromatic carbocycles. The quantitative estimate of drug-likeness (QED) is 0.438. The maximum absolute atomic E-state index is 5.75. The van der Waals surface area contributed by atoms with Crippen LogP contribution < -0.4 is 14.8 Å². The Morgan fingerprint density at radius 1 is 0.903 bits per heavy atom. The van der Waals surface area contributed by atoms with E-state index in [0.717, 1.165) is 45.8 Å². The van der Waals surface area contributed by atoms with Crippen LogP contribution in [0.3, 0.4) is 0 Å². The molecule has 0 bridgehead atoms. The molecule has 1 heterocycles. The summed E-state index contributed by atoms with van der Waals surface area (Å²) in [5.74, 6) is 2.22. The van der Waals surface area contributed by atoms with Gasteiger partial charge in [-0.25, -0.2) is 9.97 Å². The Bertz CT molecular complexity index is 1140. The number of nitrogens with zero attached hydrogens (tertiary/aromatic N) is 3. The van der Waals surface area contributed by atoms with E-state index in [1.807, 2.05) is 81.0 Å². The van der Waals surface area contributed by atoms with Gasteiger partial charge in [0.2, 0.25) is 5.95 Å². The molecule has 0 unspecified atom stereocenters. The maximum atomic E-state index is 5.75. The minimum Gasteiger partial charge on any atom is -0.497 e. The van der Waals surface area contributed by atoms with E-state index in [2.05, 4.69) is 21.3 Å². The Balaban J connectivity index is 1.54. The number of anilines is 2. The zero-order chi connectivity index (χ0) is 21.6. The summed E-state index contributed by atoms with van der Waals surface area (Å²) in [5.41, 5.74) is 3.93. The standard InChI is InChI=1S/C25H26N4O2/c1-29(2)15-16-31-22-13-9-20(10-14-22)27-25-26-17-19-5-4-6-23(24(19)28-25)18-7-11-21(30-3)12-8-18/h4-14,17H,15-16H2,1-3H3,(H,26,27,28). The second-order valence-corrected chi connectivity index (χ2v) is 7.47. The van der Waals surface area contributed by atoms with E-state index in [-0.39, 0.29) is 0 Å². The van der Waals surface area contributed by atoms with Crippen molar-refractivity contribution in [2.75, 3.05) is 39.7 Å². The number of hydrogen-bond donors (Lipinski definition) is 1. The largest absolute Gasteiger partial charge is 0.497 e. The highest BCUT2D eigenvalue weighted by molar-refractivity contribution is 5.93. The number of para-hydroxylation sites is 1. The van der Waals surface area contributed by atoms with Gasteiger partial charge in [-0.2, -0.15) is 0 Å². The summed E-state index contributed by atoms with van der Waals surface area (Å²) in [7, 11) is 5.72. The first-order valence-electron chi connectivity index (χ1n) is 10.2. The molecule has 0 amide bonds. The fraction of sp³-hybridized carbons (Fsp3) is 0.200. The first-order valence-corrected chi connectivity index (χ1v) is 10.2. The fourth-order valence-electron chi connectivity index (χ4n) is 3.23. The second-order valence-electron chi connectivity index (χ2n) is 7.47. The summed E-state index contributed by atoms with van der Waals surface area (Å²) in [4.78, 5) is 11.4. The molecule has 6 nitrogen and oxygen atoms in total. The monoisotopic (exact) mass is 414 g/mol. The molecular weight excluding hydrogens is 388 g/mol. The molecule has 0 aliphatic rings. The van der Waals surface area contributed by atoms with E-state index in [1.54, 1.807) is 7.11 Å². The van der Waals surface area contributed by atoms with Crippen LogP contribution in [0.25, 0.3) is 22.0 Å². The van der Waals surface area contributed by atoms with Crippen molar-refractivity contribution >= 4 is 22.5 Å². The third-order valence-corrected chi connectivity index (χ3v) is 4.93. The summed E-state index contributed by atoms with van der Waals surface area (Å²) < 4.78 is 11.0. The van der Waals surface area contributed by atoms with Gasteiger partial charge in [-0.1, -0.05) is 30.3 Å². The van der Waals surface area contributed by atoms with Crippen LogP contribution in [0.5, 0.6) is 11.5 Å². The maximum Gasteiger partial charge on any atom is 0.227 e. The molecule has 0 aliphatic heterocycles. The molecule has 1 aromatic heterocycles. The topological polar surface area (TPSA) is 59.5 Å². The molecule has 0 atom stereocenters. The number of nitrogens with one attached hydrogen (secondary N) is 1. The van der Waals surface area contributed by atoms with Crippen molar-refractivity contribution in [3.63, 3.8) is 0 Å². The zero-order valence-electron chi connectivity index (χ0n) is 18.0. The molecule has 158 valence electrons. The van der Waals surface area contributed by atoms with E-state index in [0.29, 0.717) is 12.6 Å². The molecule has 0 aliphatic carbocycles.